The zero-order valence-corrected chi connectivity index (χ0v) is 14.5. The van der Waals surface area contributed by atoms with E-state index in [1.807, 2.05) is 18.0 Å². The number of nitrogens with zero attached hydrogens (tertiary/aromatic N) is 2. The summed E-state index contributed by atoms with van der Waals surface area (Å²) in [6.07, 6.45) is 0. The molecule has 2 rings (SSSR count). The minimum absolute atomic E-state index is 0.0224. The molecule has 132 valence electrons. The van der Waals surface area contributed by atoms with E-state index in [4.69, 9.17) is 4.74 Å². The van der Waals surface area contributed by atoms with Crippen LogP contribution in [0.4, 0.5) is 17.1 Å². The van der Waals surface area contributed by atoms with Crippen LogP contribution < -0.4 is 10.2 Å². The van der Waals surface area contributed by atoms with Gasteiger partial charge in [0.2, 0.25) is 0 Å². The molecule has 2 aromatic rings. The second kappa shape index (κ2) is 8.25. The Hall–Kier alpha value is -2.93. The average molecular weight is 343 g/mol. The van der Waals surface area contributed by atoms with Crippen LogP contribution in [0, 0.1) is 17.0 Å². The van der Waals surface area contributed by atoms with Gasteiger partial charge in [0.1, 0.15) is 0 Å². The molecule has 0 unspecified atom stereocenters. The lowest BCUT2D eigenvalue weighted by Crippen LogP contribution is -2.22. The van der Waals surface area contributed by atoms with Crippen molar-refractivity contribution in [3.05, 3.63) is 63.7 Å². The first kappa shape index (κ1) is 18.4. The monoisotopic (exact) mass is 343 g/mol. The van der Waals surface area contributed by atoms with Gasteiger partial charge in [0.15, 0.2) is 0 Å². The zero-order valence-electron chi connectivity index (χ0n) is 14.5. The van der Waals surface area contributed by atoms with Crippen molar-refractivity contribution in [3.63, 3.8) is 0 Å². The quantitative estimate of drug-likeness (QED) is 0.616. The Labute approximate surface area is 146 Å². The van der Waals surface area contributed by atoms with Gasteiger partial charge in [-0.25, -0.2) is 0 Å². The molecule has 0 atom stereocenters. The molecule has 0 aliphatic rings. The summed E-state index contributed by atoms with van der Waals surface area (Å²) in [5.41, 5.74) is 2.28. The lowest BCUT2D eigenvalue weighted by Gasteiger charge is -2.19. The molecule has 7 heteroatoms. The highest BCUT2D eigenvalue weighted by Crippen LogP contribution is 2.23. The van der Waals surface area contributed by atoms with Crippen molar-refractivity contribution in [1.82, 2.24) is 0 Å². The number of likely N-dealkylation sites (N-methyl/N-ethyl adjacent to an activating group) is 1. The van der Waals surface area contributed by atoms with E-state index in [1.165, 1.54) is 6.07 Å². The van der Waals surface area contributed by atoms with Gasteiger partial charge >= 0.3 is 0 Å². The molecule has 0 radical (unpaired) electrons. The maximum absolute atomic E-state index is 12.4. The Morgan fingerprint density at radius 1 is 1.28 bits per heavy atom. The molecule has 1 amide bonds. The van der Waals surface area contributed by atoms with Crippen molar-refractivity contribution in [2.75, 3.05) is 37.5 Å². The highest BCUT2D eigenvalue weighted by Gasteiger charge is 2.14. The maximum atomic E-state index is 12.4. The summed E-state index contributed by atoms with van der Waals surface area (Å²) in [7, 11) is 3.55. The molecule has 0 aromatic heterocycles. The van der Waals surface area contributed by atoms with Gasteiger partial charge in [0, 0.05) is 49.3 Å². The summed E-state index contributed by atoms with van der Waals surface area (Å²) < 4.78 is 5.05. The van der Waals surface area contributed by atoms with Gasteiger partial charge in [-0.15, -0.1) is 0 Å². The number of carbonyl (C=O) groups excluding carboxylic acids is 1. The van der Waals surface area contributed by atoms with Gasteiger partial charge in [-0.1, -0.05) is 12.1 Å². The minimum Gasteiger partial charge on any atom is -0.383 e. The molecule has 2 aromatic carbocycles. The normalized spacial score (nSPS) is 10.4. The number of rotatable bonds is 7. The number of nitro groups is 1. The van der Waals surface area contributed by atoms with E-state index in [0.29, 0.717) is 30.0 Å². The number of ether oxygens (including phenoxy) is 1. The van der Waals surface area contributed by atoms with E-state index < -0.39 is 4.92 Å². The first-order valence-electron chi connectivity index (χ1n) is 7.79. The van der Waals surface area contributed by atoms with Crippen LogP contribution in [-0.4, -0.2) is 38.1 Å². The van der Waals surface area contributed by atoms with E-state index in [2.05, 4.69) is 5.32 Å². The van der Waals surface area contributed by atoms with Crippen LogP contribution in [0.25, 0.3) is 0 Å². The number of carbonyl (C=O) groups is 1. The Morgan fingerprint density at radius 3 is 2.72 bits per heavy atom. The molecule has 0 saturated carbocycles. The number of anilines is 2. The Morgan fingerprint density at radius 2 is 2.04 bits per heavy atom. The van der Waals surface area contributed by atoms with Crippen molar-refractivity contribution in [3.8, 4) is 0 Å². The fourth-order valence-electron chi connectivity index (χ4n) is 2.33. The van der Waals surface area contributed by atoms with E-state index >= 15 is 0 Å². The summed E-state index contributed by atoms with van der Waals surface area (Å²) in [6.45, 7) is 2.94. The third-order valence-corrected chi connectivity index (χ3v) is 3.84. The number of nitro benzene ring substituents is 1. The van der Waals surface area contributed by atoms with E-state index in [-0.39, 0.29) is 11.6 Å². The second-order valence-electron chi connectivity index (χ2n) is 5.68. The summed E-state index contributed by atoms with van der Waals surface area (Å²) in [5, 5.41) is 13.7. The van der Waals surface area contributed by atoms with Crippen molar-refractivity contribution in [2.45, 2.75) is 6.92 Å². The molecule has 0 fully saturated rings. The van der Waals surface area contributed by atoms with Crippen LogP contribution in [0.15, 0.2) is 42.5 Å². The van der Waals surface area contributed by atoms with E-state index in [0.717, 1.165) is 5.69 Å². The summed E-state index contributed by atoms with van der Waals surface area (Å²) in [4.78, 5) is 25.0. The molecule has 25 heavy (non-hydrogen) atoms. The fourth-order valence-corrected chi connectivity index (χ4v) is 2.33. The van der Waals surface area contributed by atoms with Crippen LogP contribution in [0.2, 0.25) is 0 Å². The molecule has 7 nitrogen and oxygen atoms in total. The number of hydrogen-bond donors (Lipinski definition) is 1. The van der Waals surface area contributed by atoms with Gasteiger partial charge < -0.3 is 15.0 Å². The van der Waals surface area contributed by atoms with Crippen LogP contribution in [0.1, 0.15) is 15.9 Å². The number of aryl methyl sites for hydroxylation is 1. The number of methoxy groups -OCH3 is 1. The lowest BCUT2D eigenvalue weighted by molar-refractivity contribution is -0.385. The van der Waals surface area contributed by atoms with Gasteiger partial charge in [-0.2, -0.15) is 0 Å². The Bertz CT molecular complexity index is 777. The standard InChI is InChI=1S/C18H21N3O4/c1-13-7-8-15(12-17(13)21(23)24)19-18(22)14-5-4-6-16(11-14)20(2)9-10-25-3/h4-8,11-12H,9-10H2,1-3H3,(H,19,22). The molecule has 0 bridgehead atoms. The SMILES string of the molecule is COCCN(C)c1cccc(C(=O)Nc2ccc(C)c([N+](=O)[O-])c2)c1. The molecule has 1 N–H and O–H groups in total. The number of amides is 1. The number of benzene rings is 2. The third kappa shape index (κ3) is 4.77. The zero-order chi connectivity index (χ0) is 18.4. The predicted octanol–water partition coefficient (Wildman–Crippen LogP) is 3.24. The molecule has 0 aliphatic heterocycles. The first-order chi connectivity index (χ1) is 11.9. The first-order valence-corrected chi connectivity index (χ1v) is 7.79. The lowest BCUT2D eigenvalue weighted by atomic mass is 10.1. The molecular formula is C18H21N3O4. The highest BCUT2D eigenvalue weighted by atomic mass is 16.6. The van der Waals surface area contributed by atoms with Crippen LogP contribution in [0.5, 0.6) is 0 Å². The van der Waals surface area contributed by atoms with Crippen molar-refractivity contribution in [1.29, 1.82) is 0 Å². The van der Waals surface area contributed by atoms with Gasteiger partial charge in [0.05, 0.1) is 11.5 Å². The molecule has 0 aliphatic carbocycles. The Balaban J connectivity index is 2.16. The second-order valence-corrected chi connectivity index (χ2v) is 5.68. The minimum atomic E-state index is -0.462. The molecule has 0 heterocycles. The van der Waals surface area contributed by atoms with Crippen LogP contribution >= 0.6 is 0 Å². The van der Waals surface area contributed by atoms with Crippen LogP contribution in [-0.2, 0) is 4.74 Å². The smallest absolute Gasteiger partial charge is 0.274 e. The van der Waals surface area contributed by atoms with Gasteiger partial charge in [0.25, 0.3) is 11.6 Å². The maximum Gasteiger partial charge on any atom is 0.274 e. The summed E-state index contributed by atoms with van der Waals surface area (Å²) in [6, 6.07) is 11.8. The van der Waals surface area contributed by atoms with Crippen molar-refractivity contribution in [2.24, 2.45) is 0 Å². The van der Waals surface area contributed by atoms with Gasteiger partial charge in [-0.3, -0.25) is 14.9 Å². The summed E-state index contributed by atoms with van der Waals surface area (Å²) >= 11 is 0. The Kier molecular flexibility index (Phi) is 6.08. The van der Waals surface area contributed by atoms with E-state index in [9.17, 15) is 14.9 Å². The van der Waals surface area contributed by atoms with Crippen molar-refractivity contribution < 1.29 is 14.5 Å². The largest absolute Gasteiger partial charge is 0.383 e. The molecular weight excluding hydrogens is 322 g/mol. The van der Waals surface area contributed by atoms with Gasteiger partial charge in [-0.05, 0) is 31.2 Å². The fraction of sp³-hybridized carbons (Fsp3) is 0.278. The average Bonchev–Trinajstić information content (AvgIpc) is 2.61. The third-order valence-electron chi connectivity index (χ3n) is 3.84. The predicted molar refractivity (Wildman–Crippen MR) is 97.4 cm³/mol. The van der Waals surface area contributed by atoms with E-state index in [1.54, 1.807) is 44.4 Å². The summed E-state index contributed by atoms with van der Waals surface area (Å²) in [5.74, 6) is -0.319. The highest BCUT2D eigenvalue weighted by molar-refractivity contribution is 6.05. The number of hydrogen-bond acceptors (Lipinski definition) is 5. The molecule has 0 saturated heterocycles. The van der Waals surface area contributed by atoms with Crippen LogP contribution in [0.3, 0.4) is 0 Å². The topological polar surface area (TPSA) is 84.7 Å². The van der Waals surface area contributed by atoms with Crippen molar-refractivity contribution >= 4 is 23.0 Å². The molecule has 0 spiro atoms. The number of nitrogens with one attached hydrogen (secondary N) is 1.